The molecule has 0 aromatic rings. The molecule has 4 unspecified atom stereocenters. The second-order valence-electron chi connectivity index (χ2n) is 2.63. The van der Waals surface area contributed by atoms with Gasteiger partial charge in [-0.2, -0.15) is 0 Å². The third kappa shape index (κ3) is 4.72. The van der Waals surface area contributed by atoms with Crippen molar-refractivity contribution >= 4 is 12.4 Å². The number of rotatable bonds is 5. The molecular formula is C6H17ClN2O4. The summed E-state index contributed by atoms with van der Waals surface area (Å²) in [6.45, 7) is -0.633. The summed E-state index contributed by atoms with van der Waals surface area (Å²) in [7, 11) is 0. The highest BCUT2D eigenvalue weighted by Crippen LogP contribution is 2.02. The van der Waals surface area contributed by atoms with Crippen molar-refractivity contribution in [3.05, 3.63) is 0 Å². The van der Waals surface area contributed by atoms with E-state index in [9.17, 15) is 0 Å². The van der Waals surface area contributed by atoms with Crippen LogP contribution in [0, 0.1) is 0 Å². The minimum absolute atomic E-state index is 0. The summed E-state index contributed by atoms with van der Waals surface area (Å²) in [5.41, 5.74) is 10.4. The quantitative estimate of drug-likeness (QED) is 0.286. The lowest BCUT2D eigenvalue weighted by Gasteiger charge is -2.25. The molecule has 0 fully saturated rings. The van der Waals surface area contributed by atoms with Crippen LogP contribution >= 0.6 is 12.4 Å². The molecule has 0 saturated carbocycles. The van der Waals surface area contributed by atoms with E-state index < -0.39 is 31.0 Å². The minimum atomic E-state index is -1.46. The largest absolute Gasteiger partial charge is 0.394 e. The lowest BCUT2D eigenvalue weighted by molar-refractivity contribution is -0.0823. The first kappa shape index (κ1) is 15.5. The lowest BCUT2D eigenvalue weighted by atomic mass is 10.0. The van der Waals surface area contributed by atoms with Gasteiger partial charge in [-0.1, -0.05) is 0 Å². The number of aliphatic hydroxyl groups excluding tert-OH is 4. The van der Waals surface area contributed by atoms with Crippen LogP contribution in [-0.2, 0) is 0 Å². The Labute approximate surface area is 82.6 Å². The Balaban J connectivity index is 0. The van der Waals surface area contributed by atoms with Gasteiger partial charge in [0.05, 0.1) is 12.7 Å². The smallest absolute Gasteiger partial charge is 0.110 e. The van der Waals surface area contributed by atoms with Crippen LogP contribution in [0.1, 0.15) is 0 Å². The van der Waals surface area contributed by atoms with Crippen molar-refractivity contribution < 1.29 is 20.4 Å². The molecule has 4 atom stereocenters. The fourth-order valence-corrected chi connectivity index (χ4v) is 0.728. The fraction of sp³-hybridized carbons (Fsp3) is 1.00. The highest BCUT2D eigenvalue weighted by molar-refractivity contribution is 5.85. The van der Waals surface area contributed by atoms with Gasteiger partial charge in [-0.3, -0.25) is 0 Å². The molecule has 0 bridgehead atoms. The molecule has 0 rings (SSSR count). The first-order valence-corrected chi connectivity index (χ1v) is 3.65. The zero-order valence-electron chi connectivity index (χ0n) is 7.08. The summed E-state index contributed by atoms with van der Waals surface area (Å²) in [6.07, 6.45) is -4.18. The van der Waals surface area contributed by atoms with Gasteiger partial charge in [0.1, 0.15) is 12.2 Å². The predicted octanol–water partition coefficient (Wildman–Crippen LogP) is -3.23. The predicted molar refractivity (Wildman–Crippen MR) is 49.4 cm³/mol. The van der Waals surface area contributed by atoms with E-state index in [2.05, 4.69) is 0 Å². The average Bonchev–Trinajstić information content (AvgIpc) is 2.12. The maximum absolute atomic E-state index is 9.16. The zero-order valence-corrected chi connectivity index (χ0v) is 7.89. The van der Waals surface area contributed by atoms with E-state index in [1.54, 1.807) is 0 Å². The van der Waals surface area contributed by atoms with E-state index in [4.69, 9.17) is 31.9 Å². The van der Waals surface area contributed by atoms with Crippen LogP contribution in [-0.4, -0.2) is 57.9 Å². The summed E-state index contributed by atoms with van der Waals surface area (Å²) in [4.78, 5) is 0. The third-order valence-corrected chi connectivity index (χ3v) is 1.64. The number of hydrogen-bond donors (Lipinski definition) is 6. The third-order valence-electron chi connectivity index (χ3n) is 1.64. The summed E-state index contributed by atoms with van der Waals surface area (Å²) in [5, 5.41) is 35.6. The van der Waals surface area contributed by atoms with Crippen molar-refractivity contribution in [1.82, 2.24) is 0 Å². The number of aliphatic hydroxyl groups is 4. The zero-order chi connectivity index (χ0) is 9.72. The van der Waals surface area contributed by atoms with Crippen molar-refractivity contribution in [2.45, 2.75) is 24.4 Å². The molecule has 0 spiro atoms. The van der Waals surface area contributed by atoms with Gasteiger partial charge in [0.2, 0.25) is 0 Å². The first-order chi connectivity index (χ1) is 5.54. The second-order valence-corrected chi connectivity index (χ2v) is 2.63. The van der Waals surface area contributed by atoms with Crippen LogP contribution in [0.15, 0.2) is 0 Å². The molecular weight excluding hydrogens is 200 g/mol. The Morgan fingerprint density at radius 1 is 1.08 bits per heavy atom. The Bertz CT molecular complexity index is 115. The molecule has 7 heteroatoms. The SMILES string of the molecule is Cl.NCC(N)C(O)C(O)C(O)CO. The van der Waals surface area contributed by atoms with E-state index in [1.807, 2.05) is 0 Å². The molecule has 0 heterocycles. The van der Waals surface area contributed by atoms with Crippen molar-refractivity contribution in [1.29, 1.82) is 0 Å². The Morgan fingerprint density at radius 2 is 1.54 bits per heavy atom. The first-order valence-electron chi connectivity index (χ1n) is 3.65. The molecule has 0 saturated heterocycles. The van der Waals surface area contributed by atoms with Crippen LogP contribution in [0.4, 0.5) is 0 Å². The summed E-state index contributed by atoms with van der Waals surface area (Å²) in [5.74, 6) is 0. The van der Waals surface area contributed by atoms with E-state index in [-0.39, 0.29) is 19.0 Å². The monoisotopic (exact) mass is 216 g/mol. The molecule has 0 aliphatic rings. The topological polar surface area (TPSA) is 133 Å². The molecule has 0 amide bonds. The molecule has 0 aliphatic heterocycles. The lowest BCUT2D eigenvalue weighted by Crippen LogP contribution is -2.52. The van der Waals surface area contributed by atoms with Gasteiger partial charge in [0.15, 0.2) is 0 Å². The molecule has 6 nitrogen and oxygen atoms in total. The Morgan fingerprint density at radius 3 is 1.85 bits per heavy atom. The van der Waals surface area contributed by atoms with Crippen LogP contribution in [0.3, 0.4) is 0 Å². The van der Waals surface area contributed by atoms with E-state index in [0.29, 0.717) is 0 Å². The number of hydrogen-bond acceptors (Lipinski definition) is 6. The maximum atomic E-state index is 9.16. The standard InChI is InChI=1S/C6H16N2O4.ClH/c7-1-3(8)5(11)6(12)4(10)2-9;/h3-6,9-12H,1-2,7-8H2;1H. The van der Waals surface area contributed by atoms with Crippen LogP contribution in [0.2, 0.25) is 0 Å². The van der Waals surface area contributed by atoms with Crippen molar-refractivity contribution in [2.75, 3.05) is 13.2 Å². The van der Waals surface area contributed by atoms with Crippen molar-refractivity contribution in [3.63, 3.8) is 0 Å². The van der Waals surface area contributed by atoms with Crippen LogP contribution < -0.4 is 11.5 Å². The summed E-state index contributed by atoms with van der Waals surface area (Å²) in [6, 6.07) is -0.804. The average molecular weight is 217 g/mol. The molecule has 0 aromatic carbocycles. The van der Waals surface area contributed by atoms with Gasteiger partial charge < -0.3 is 31.9 Å². The van der Waals surface area contributed by atoms with Crippen molar-refractivity contribution in [2.24, 2.45) is 11.5 Å². The van der Waals surface area contributed by atoms with E-state index in [0.717, 1.165) is 0 Å². The van der Waals surface area contributed by atoms with E-state index >= 15 is 0 Å². The van der Waals surface area contributed by atoms with Gasteiger partial charge in [-0.25, -0.2) is 0 Å². The van der Waals surface area contributed by atoms with Gasteiger partial charge >= 0.3 is 0 Å². The molecule has 0 aromatic heterocycles. The fourth-order valence-electron chi connectivity index (χ4n) is 0.728. The minimum Gasteiger partial charge on any atom is -0.394 e. The molecule has 82 valence electrons. The van der Waals surface area contributed by atoms with Gasteiger partial charge in [0.25, 0.3) is 0 Å². The van der Waals surface area contributed by atoms with Gasteiger partial charge in [-0.15, -0.1) is 12.4 Å². The van der Waals surface area contributed by atoms with Crippen molar-refractivity contribution in [3.8, 4) is 0 Å². The Kier molecular flexibility index (Phi) is 8.90. The maximum Gasteiger partial charge on any atom is 0.110 e. The molecule has 8 N–H and O–H groups in total. The second kappa shape index (κ2) is 7.45. The number of nitrogens with two attached hydrogens (primary N) is 2. The van der Waals surface area contributed by atoms with Gasteiger partial charge in [0, 0.05) is 12.6 Å². The van der Waals surface area contributed by atoms with Crippen LogP contribution in [0.5, 0.6) is 0 Å². The molecule has 0 radical (unpaired) electrons. The molecule has 0 aliphatic carbocycles. The Hall–Kier alpha value is 0.0500. The normalized spacial score (nSPS) is 19.8. The van der Waals surface area contributed by atoms with Crippen LogP contribution in [0.25, 0.3) is 0 Å². The van der Waals surface area contributed by atoms with E-state index in [1.165, 1.54) is 0 Å². The van der Waals surface area contributed by atoms with Gasteiger partial charge in [-0.05, 0) is 0 Å². The number of halogens is 1. The summed E-state index contributed by atoms with van der Waals surface area (Å²) < 4.78 is 0. The molecule has 13 heavy (non-hydrogen) atoms. The highest BCUT2D eigenvalue weighted by atomic mass is 35.5. The summed E-state index contributed by atoms with van der Waals surface area (Å²) >= 11 is 0. The highest BCUT2D eigenvalue weighted by Gasteiger charge is 2.27.